The molecule has 2 aromatic carbocycles. The van der Waals surface area contributed by atoms with Gasteiger partial charge in [0.15, 0.2) is 11.6 Å². The molecule has 0 saturated heterocycles. The maximum Gasteiger partial charge on any atom is 0.231 e. The Morgan fingerprint density at radius 1 is 1.04 bits per heavy atom. The van der Waals surface area contributed by atoms with E-state index < -0.39 is 5.82 Å². The van der Waals surface area contributed by atoms with Gasteiger partial charge in [-0.1, -0.05) is 30.3 Å². The Bertz CT molecular complexity index is 1100. The maximum absolute atomic E-state index is 14.1. The molecule has 0 spiro atoms. The number of hydrogen-bond acceptors (Lipinski definition) is 5. The number of hydrogen-bond donors (Lipinski definition) is 0. The zero-order valence-electron chi connectivity index (χ0n) is 12.8. The fraction of sp³-hybridized carbons (Fsp3) is 0. The lowest BCUT2D eigenvalue weighted by molar-refractivity contribution is 0.431. The van der Waals surface area contributed by atoms with Crippen molar-refractivity contribution in [3.63, 3.8) is 0 Å². The summed E-state index contributed by atoms with van der Waals surface area (Å²) in [5, 5.41) is 9.54. The zero-order valence-corrected chi connectivity index (χ0v) is 13.6. The van der Waals surface area contributed by atoms with Crippen molar-refractivity contribution in [2.75, 3.05) is 0 Å². The molecule has 2 aromatic heterocycles. The number of thiophene rings is 1. The van der Waals surface area contributed by atoms with Crippen molar-refractivity contribution in [1.29, 1.82) is 5.26 Å². The van der Waals surface area contributed by atoms with Gasteiger partial charge < -0.3 is 4.74 Å². The topological polar surface area (TPSA) is 58.8 Å². The van der Waals surface area contributed by atoms with Crippen LogP contribution in [-0.4, -0.2) is 9.97 Å². The van der Waals surface area contributed by atoms with E-state index in [-0.39, 0.29) is 17.2 Å². The molecule has 4 nitrogen and oxygen atoms in total. The van der Waals surface area contributed by atoms with Crippen LogP contribution in [0.1, 0.15) is 5.56 Å². The van der Waals surface area contributed by atoms with Gasteiger partial charge in [-0.3, -0.25) is 0 Å². The van der Waals surface area contributed by atoms with Crippen molar-refractivity contribution in [3.05, 3.63) is 72.3 Å². The summed E-state index contributed by atoms with van der Waals surface area (Å²) in [6, 6.07) is 17.8. The average Bonchev–Trinajstić information content (AvgIpc) is 3.09. The average molecular weight is 347 g/mol. The van der Waals surface area contributed by atoms with Crippen LogP contribution >= 0.6 is 11.3 Å². The van der Waals surface area contributed by atoms with Crippen LogP contribution in [0.25, 0.3) is 20.7 Å². The standard InChI is InChI=1S/C19H10FN3OS/c20-15-8-12(10-21)6-7-16(15)24-18-14-9-17(13-4-2-1-3-5-13)25-19(14)23-11-22-18/h1-9,11H. The molecule has 0 unspecified atom stereocenters. The quantitative estimate of drug-likeness (QED) is 0.513. The second-order valence-corrected chi connectivity index (χ2v) is 6.26. The lowest BCUT2D eigenvalue weighted by Crippen LogP contribution is -1.92. The summed E-state index contributed by atoms with van der Waals surface area (Å²) in [5.74, 6) is -0.303. The van der Waals surface area contributed by atoms with E-state index in [1.165, 1.54) is 29.8 Å². The highest BCUT2D eigenvalue weighted by Gasteiger charge is 2.14. The molecule has 25 heavy (non-hydrogen) atoms. The Hall–Kier alpha value is -3.30. The van der Waals surface area contributed by atoms with E-state index in [0.717, 1.165) is 26.7 Å². The van der Waals surface area contributed by atoms with Gasteiger partial charge in [-0.15, -0.1) is 11.3 Å². The minimum absolute atomic E-state index is 0.0199. The molecular formula is C19H10FN3OS. The van der Waals surface area contributed by atoms with Gasteiger partial charge in [-0.2, -0.15) is 5.26 Å². The van der Waals surface area contributed by atoms with E-state index in [2.05, 4.69) is 9.97 Å². The number of benzene rings is 2. The van der Waals surface area contributed by atoms with Crippen molar-refractivity contribution < 1.29 is 9.13 Å². The molecule has 0 saturated carbocycles. The summed E-state index contributed by atoms with van der Waals surface area (Å²) in [7, 11) is 0. The molecule has 120 valence electrons. The fourth-order valence-corrected chi connectivity index (χ4v) is 3.41. The summed E-state index contributed by atoms with van der Waals surface area (Å²) in [5.41, 5.74) is 1.31. The van der Waals surface area contributed by atoms with Gasteiger partial charge in [0.2, 0.25) is 5.88 Å². The molecule has 0 fully saturated rings. The van der Waals surface area contributed by atoms with E-state index in [4.69, 9.17) is 10.00 Å². The summed E-state index contributed by atoms with van der Waals surface area (Å²) < 4.78 is 19.7. The molecule has 0 aliphatic rings. The van der Waals surface area contributed by atoms with Crippen molar-refractivity contribution >= 4 is 21.6 Å². The van der Waals surface area contributed by atoms with E-state index in [1.54, 1.807) is 0 Å². The zero-order chi connectivity index (χ0) is 17.2. The smallest absolute Gasteiger partial charge is 0.231 e. The van der Waals surface area contributed by atoms with Gasteiger partial charge in [-0.05, 0) is 29.8 Å². The minimum atomic E-state index is -0.607. The molecule has 2 heterocycles. The molecule has 0 N–H and O–H groups in total. The van der Waals surface area contributed by atoms with Crippen LogP contribution in [0, 0.1) is 17.1 Å². The van der Waals surface area contributed by atoms with Crippen LogP contribution in [0.15, 0.2) is 60.9 Å². The Balaban J connectivity index is 1.76. The number of ether oxygens (including phenoxy) is 1. The van der Waals surface area contributed by atoms with Crippen LogP contribution in [-0.2, 0) is 0 Å². The highest BCUT2D eigenvalue weighted by Crippen LogP contribution is 2.37. The predicted molar refractivity (Wildman–Crippen MR) is 94.0 cm³/mol. The molecule has 0 atom stereocenters. The summed E-state index contributed by atoms with van der Waals surface area (Å²) in [4.78, 5) is 10.2. The largest absolute Gasteiger partial charge is 0.435 e. The SMILES string of the molecule is N#Cc1ccc(Oc2ncnc3sc(-c4ccccc4)cc23)c(F)c1. The normalized spacial score (nSPS) is 10.6. The summed E-state index contributed by atoms with van der Waals surface area (Å²) in [6.45, 7) is 0. The van der Waals surface area contributed by atoms with Crippen molar-refractivity contribution in [3.8, 4) is 28.1 Å². The van der Waals surface area contributed by atoms with Gasteiger partial charge in [0, 0.05) is 4.88 Å². The van der Waals surface area contributed by atoms with Gasteiger partial charge >= 0.3 is 0 Å². The lowest BCUT2D eigenvalue weighted by atomic mass is 10.2. The van der Waals surface area contributed by atoms with Crippen molar-refractivity contribution in [1.82, 2.24) is 9.97 Å². The first-order chi connectivity index (χ1) is 12.2. The number of nitrogens with zero attached hydrogens (tertiary/aromatic N) is 3. The minimum Gasteiger partial charge on any atom is -0.435 e. The number of aromatic nitrogens is 2. The van der Waals surface area contributed by atoms with Gasteiger partial charge in [0.1, 0.15) is 11.2 Å². The Morgan fingerprint density at radius 2 is 1.88 bits per heavy atom. The molecule has 4 rings (SSSR count). The molecule has 0 aliphatic heterocycles. The molecular weight excluding hydrogens is 337 g/mol. The van der Waals surface area contributed by atoms with Crippen LogP contribution in [0.3, 0.4) is 0 Å². The third kappa shape index (κ3) is 2.93. The Kier molecular flexibility index (Phi) is 3.84. The van der Waals surface area contributed by atoms with Crippen LogP contribution in [0.5, 0.6) is 11.6 Å². The summed E-state index contributed by atoms with van der Waals surface area (Å²) >= 11 is 1.52. The monoisotopic (exact) mass is 347 g/mol. The number of halogens is 1. The van der Waals surface area contributed by atoms with E-state index in [9.17, 15) is 4.39 Å². The van der Waals surface area contributed by atoms with Gasteiger partial charge in [-0.25, -0.2) is 14.4 Å². The van der Waals surface area contributed by atoms with E-state index in [1.807, 2.05) is 42.5 Å². The van der Waals surface area contributed by atoms with Crippen LogP contribution < -0.4 is 4.74 Å². The molecule has 0 aliphatic carbocycles. The number of nitriles is 1. The number of rotatable bonds is 3. The van der Waals surface area contributed by atoms with Crippen molar-refractivity contribution in [2.24, 2.45) is 0 Å². The Morgan fingerprint density at radius 3 is 2.64 bits per heavy atom. The van der Waals surface area contributed by atoms with E-state index in [0.29, 0.717) is 0 Å². The second kappa shape index (κ2) is 6.30. The third-order valence-corrected chi connectivity index (χ3v) is 4.71. The van der Waals surface area contributed by atoms with Crippen molar-refractivity contribution in [2.45, 2.75) is 0 Å². The first-order valence-corrected chi connectivity index (χ1v) is 8.24. The molecule has 4 aromatic rings. The molecule has 0 radical (unpaired) electrons. The molecule has 0 amide bonds. The van der Waals surface area contributed by atoms with Crippen LogP contribution in [0.4, 0.5) is 4.39 Å². The highest BCUT2D eigenvalue weighted by atomic mass is 32.1. The number of fused-ring (bicyclic) bond motifs is 1. The van der Waals surface area contributed by atoms with E-state index >= 15 is 0 Å². The molecule has 0 bridgehead atoms. The predicted octanol–water partition coefficient (Wildman–Crippen LogP) is 5.16. The Labute approximate surface area is 146 Å². The van der Waals surface area contributed by atoms with Gasteiger partial charge in [0.25, 0.3) is 0 Å². The molecule has 6 heteroatoms. The lowest BCUT2D eigenvalue weighted by Gasteiger charge is -2.06. The first-order valence-electron chi connectivity index (χ1n) is 7.42. The third-order valence-electron chi connectivity index (χ3n) is 3.62. The second-order valence-electron chi connectivity index (χ2n) is 5.23. The summed E-state index contributed by atoms with van der Waals surface area (Å²) in [6.07, 6.45) is 1.39. The first kappa shape index (κ1) is 15.2. The van der Waals surface area contributed by atoms with Gasteiger partial charge in [0.05, 0.1) is 17.0 Å². The highest BCUT2D eigenvalue weighted by molar-refractivity contribution is 7.21. The maximum atomic E-state index is 14.1. The van der Waals surface area contributed by atoms with Crippen LogP contribution in [0.2, 0.25) is 0 Å². The fourth-order valence-electron chi connectivity index (χ4n) is 2.42.